The van der Waals surface area contributed by atoms with Gasteiger partial charge in [0.1, 0.15) is 0 Å². The van der Waals surface area contributed by atoms with Crippen LogP contribution in [0.2, 0.25) is 0 Å². The first-order valence-electron chi connectivity index (χ1n) is 10.4. The largest absolute Gasteiger partial charge is 0.382 e. The third-order valence-corrected chi connectivity index (χ3v) is 5.02. The van der Waals surface area contributed by atoms with Crippen LogP contribution in [0.1, 0.15) is 49.7 Å². The van der Waals surface area contributed by atoms with Gasteiger partial charge in [0.05, 0.1) is 22.8 Å². The highest BCUT2D eigenvalue weighted by molar-refractivity contribution is 6.04. The molecule has 1 N–H and O–H groups in total. The van der Waals surface area contributed by atoms with Crippen LogP contribution in [0.15, 0.2) is 30.5 Å². The van der Waals surface area contributed by atoms with Crippen molar-refractivity contribution < 1.29 is 9.53 Å². The van der Waals surface area contributed by atoms with Crippen LogP contribution < -0.4 is 5.32 Å². The van der Waals surface area contributed by atoms with Gasteiger partial charge >= 0.3 is 0 Å². The summed E-state index contributed by atoms with van der Waals surface area (Å²) in [5.41, 5.74) is 3.33. The number of carbonyl (C=O) groups is 1. The van der Waals surface area contributed by atoms with Crippen LogP contribution in [0, 0.1) is 12.8 Å². The Labute approximate surface area is 172 Å². The van der Waals surface area contributed by atoms with Crippen molar-refractivity contribution in [3.8, 4) is 0 Å². The van der Waals surface area contributed by atoms with E-state index in [1.54, 1.807) is 6.20 Å². The average molecular weight is 398 g/mol. The highest BCUT2D eigenvalue weighted by atomic mass is 16.5. The minimum atomic E-state index is -0.181. The van der Waals surface area contributed by atoms with Crippen molar-refractivity contribution in [2.75, 3.05) is 18.5 Å². The Balaban J connectivity index is 1.79. The van der Waals surface area contributed by atoms with E-state index in [0.29, 0.717) is 30.6 Å². The molecule has 156 valence electrons. The van der Waals surface area contributed by atoms with Crippen molar-refractivity contribution in [2.45, 2.75) is 53.6 Å². The second kappa shape index (κ2) is 9.69. The van der Waals surface area contributed by atoms with Crippen molar-refractivity contribution in [1.29, 1.82) is 0 Å². The fourth-order valence-corrected chi connectivity index (χ4v) is 3.31. The van der Waals surface area contributed by atoms with Crippen molar-refractivity contribution in [3.63, 3.8) is 0 Å². The Morgan fingerprint density at radius 1 is 1.24 bits per heavy atom. The van der Waals surface area contributed by atoms with E-state index in [2.05, 4.69) is 29.2 Å². The summed E-state index contributed by atoms with van der Waals surface area (Å²) in [6, 6.07) is 7.92. The lowest BCUT2D eigenvalue weighted by atomic mass is 10.1. The standard InChI is InChI=1S/C22H31N5O2/c1-5-29-14-8-12-26-20-10-7-6-9-19(20)24-22(26)25-21(28)18-15-23-27(17(18)4)13-11-16(2)3/h6-7,9-10,15-16H,5,8,11-14H2,1-4H3,(H,24,25,28). The first-order valence-corrected chi connectivity index (χ1v) is 10.4. The van der Waals surface area contributed by atoms with E-state index >= 15 is 0 Å². The van der Waals surface area contributed by atoms with Gasteiger partial charge in [-0.3, -0.25) is 14.8 Å². The molecule has 0 spiro atoms. The molecule has 0 aliphatic heterocycles. The van der Waals surface area contributed by atoms with Crippen LogP contribution in [0.25, 0.3) is 11.0 Å². The number of amides is 1. The van der Waals surface area contributed by atoms with Crippen molar-refractivity contribution >= 4 is 22.9 Å². The van der Waals surface area contributed by atoms with Crippen LogP contribution in [-0.4, -0.2) is 38.5 Å². The Bertz CT molecular complexity index is 957. The summed E-state index contributed by atoms with van der Waals surface area (Å²) in [5, 5.41) is 7.39. The molecule has 0 unspecified atom stereocenters. The first-order chi connectivity index (χ1) is 14.0. The maximum absolute atomic E-state index is 12.9. The normalized spacial score (nSPS) is 11.5. The molecule has 2 heterocycles. The molecule has 0 aliphatic carbocycles. The molecule has 29 heavy (non-hydrogen) atoms. The third-order valence-electron chi connectivity index (χ3n) is 5.02. The summed E-state index contributed by atoms with van der Waals surface area (Å²) in [6.07, 6.45) is 3.52. The second-order valence-corrected chi connectivity index (χ2v) is 7.63. The van der Waals surface area contributed by atoms with Gasteiger partial charge in [-0.05, 0) is 44.7 Å². The van der Waals surface area contributed by atoms with E-state index in [1.165, 1.54) is 0 Å². The predicted octanol–water partition coefficient (Wildman–Crippen LogP) is 4.27. The number of imidazole rings is 1. The Morgan fingerprint density at radius 3 is 2.79 bits per heavy atom. The number of ether oxygens (including phenoxy) is 1. The molecule has 1 aromatic carbocycles. The molecule has 0 atom stereocenters. The predicted molar refractivity (Wildman–Crippen MR) is 115 cm³/mol. The zero-order chi connectivity index (χ0) is 20.8. The smallest absolute Gasteiger partial charge is 0.261 e. The van der Waals surface area contributed by atoms with Gasteiger partial charge in [0.2, 0.25) is 5.95 Å². The van der Waals surface area contributed by atoms with E-state index < -0.39 is 0 Å². The lowest BCUT2D eigenvalue weighted by molar-refractivity contribution is 0.102. The van der Waals surface area contributed by atoms with Gasteiger partial charge in [-0.15, -0.1) is 0 Å². The number of anilines is 1. The molecule has 3 rings (SSSR count). The topological polar surface area (TPSA) is 74.0 Å². The molecule has 3 aromatic rings. The number of aromatic nitrogens is 4. The van der Waals surface area contributed by atoms with Gasteiger partial charge in [-0.2, -0.15) is 5.10 Å². The highest BCUT2D eigenvalue weighted by Gasteiger charge is 2.18. The van der Waals surface area contributed by atoms with E-state index in [-0.39, 0.29) is 5.91 Å². The minimum Gasteiger partial charge on any atom is -0.382 e. The number of hydrogen-bond donors (Lipinski definition) is 1. The average Bonchev–Trinajstić information content (AvgIpc) is 3.23. The molecule has 2 aromatic heterocycles. The molecule has 0 saturated heterocycles. The number of fused-ring (bicyclic) bond motifs is 1. The zero-order valence-electron chi connectivity index (χ0n) is 17.8. The number of nitrogens with one attached hydrogen (secondary N) is 1. The molecule has 7 nitrogen and oxygen atoms in total. The van der Waals surface area contributed by atoms with Crippen LogP contribution in [0.3, 0.4) is 0 Å². The van der Waals surface area contributed by atoms with Gasteiger partial charge < -0.3 is 9.30 Å². The Kier molecular flexibility index (Phi) is 7.04. The SMILES string of the molecule is CCOCCCn1c(NC(=O)c2cnn(CCC(C)C)c2C)nc2ccccc21. The number of aryl methyl sites for hydroxylation is 2. The summed E-state index contributed by atoms with van der Waals surface area (Å²) in [6.45, 7) is 11.2. The fraction of sp³-hybridized carbons (Fsp3) is 0.500. The van der Waals surface area contributed by atoms with E-state index in [4.69, 9.17) is 4.74 Å². The molecule has 7 heteroatoms. The monoisotopic (exact) mass is 397 g/mol. The minimum absolute atomic E-state index is 0.181. The zero-order valence-corrected chi connectivity index (χ0v) is 17.8. The maximum atomic E-state index is 12.9. The molecule has 0 fully saturated rings. The lowest BCUT2D eigenvalue weighted by Crippen LogP contribution is -2.17. The van der Waals surface area contributed by atoms with Gasteiger partial charge in [-0.25, -0.2) is 4.98 Å². The van der Waals surface area contributed by atoms with Crippen LogP contribution in [0.5, 0.6) is 0 Å². The molecule has 0 bridgehead atoms. The lowest BCUT2D eigenvalue weighted by Gasteiger charge is -2.11. The maximum Gasteiger partial charge on any atom is 0.261 e. The van der Waals surface area contributed by atoms with Gasteiger partial charge in [-0.1, -0.05) is 26.0 Å². The quantitative estimate of drug-likeness (QED) is 0.519. The fourth-order valence-electron chi connectivity index (χ4n) is 3.31. The van der Waals surface area contributed by atoms with Crippen LogP contribution in [0.4, 0.5) is 5.95 Å². The number of carbonyl (C=O) groups excluding carboxylic acids is 1. The Morgan fingerprint density at radius 2 is 2.03 bits per heavy atom. The molecule has 1 amide bonds. The second-order valence-electron chi connectivity index (χ2n) is 7.63. The molecular weight excluding hydrogens is 366 g/mol. The number of benzene rings is 1. The van der Waals surface area contributed by atoms with E-state index in [1.807, 2.05) is 47.4 Å². The summed E-state index contributed by atoms with van der Waals surface area (Å²) in [7, 11) is 0. The Hall–Kier alpha value is -2.67. The number of hydrogen-bond acceptors (Lipinski definition) is 4. The van der Waals surface area contributed by atoms with Gasteiger partial charge in [0.25, 0.3) is 5.91 Å². The van der Waals surface area contributed by atoms with Crippen LogP contribution >= 0.6 is 0 Å². The van der Waals surface area contributed by atoms with Crippen molar-refractivity contribution in [3.05, 3.63) is 41.7 Å². The molecule has 0 saturated carbocycles. The summed E-state index contributed by atoms with van der Waals surface area (Å²) in [4.78, 5) is 17.6. The summed E-state index contributed by atoms with van der Waals surface area (Å²) < 4.78 is 9.41. The highest BCUT2D eigenvalue weighted by Crippen LogP contribution is 2.21. The molecule has 0 radical (unpaired) electrons. The third kappa shape index (κ3) is 5.03. The van der Waals surface area contributed by atoms with Gasteiger partial charge in [0, 0.05) is 32.0 Å². The summed E-state index contributed by atoms with van der Waals surface area (Å²) in [5.74, 6) is 0.967. The number of para-hydroxylation sites is 2. The molecular formula is C22H31N5O2. The van der Waals surface area contributed by atoms with Crippen molar-refractivity contribution in [1.82, 2.24) is 19.3 Å². The van der Waals surface area contributed by atoms with Crippen LogP contribution in [-0.2, 0) is 17.8 Å². The van der Waals surface area contributed by atoms with Crippen molar-refractivity contribution in [2.24, 2.45) is 5.92 Å². The number of nitrogens with zero attached hydrogens (tertiary/aromatic N) is 4. The first kappa shape index (κ1) is 21.0. The summed E-state index contributed by atoms with van der Waals surface area (Å²) >= 11 is 0. The van der Waals surface area contributed by atoms with Gasteiger partial charge in [0.15, 0.2) is 0 Å². The molecule has 0 aliphatic rings. The van der Waals surface area contributed by atoms with E-state index in [9.17, 15) is 4.79 Å². The van der Waals surface area contributed by atoms with E-state index in [0.717, 1.165) is 42.7 Å². The number of rotatable bonds is 10.